The maximum absolute atomic E-state index is 13.6. The molecule has 0 saturated carbocycles. The first-order valence-electron chi connectivity index (χ1n) is 10.9. The van der Waals surface area contributed by atoms with Crippen molar-refractivity contribution in [3.63, 3.8) is 0 Å². The molecule has 3 rings (SSSR count). The molecule has 8 nitrogen and oxygen atoms in total. The van der Waals surface area contributed by atoms with Crippen LogP contribution in [0.2, 0.25) is 0 Å². The maximum Gasteiger partial charge on any atom is 0.330 e. The van der Waals surface area contributed by atoms with Crippen LogP contribution >= 0.6 is 0 Å². The smallest absolute Gasteiger partial charge is 0.330 e. The average molecular weight is 451 g/mol. The monoisotopic (exact) mass is 450 g/mol. The second kappa shape index (κ2) is 10.2. The molecule has 1 heterocycles. The Labute approximate surface area is 192 Å². The van der Waals surface area contributed by atoms with Gasteiger partial charge in [0.25, 0.3) is 11.5 Å². The highest BCUT2D eigenvalue weighted by molar-refractivity contribution is 6.07. The highest BCUT2D eigenvalue weighted by Gasteiger charge is 2.26. The van der Waals surface area contributed by atoms with Gasteiger partial charge < -0.3 is 15.4 Å². The van der Waals surface area contributed by atoms with Crippen molar-refractivity contribution in [3.05, 3.63) is 81.0 Å². The molecule has 0 aliphatic carbocycles. The van der Waals surface area contributed by atoms with E-state index in [-0.39, 0.29) is 29.9 Å². The molecule has 8 heteroatoms. The van der Waals surface area contributed by atoms with Crippen molar-refractivity contribution in [1.82, 2.24) is 9.55 Å². The number of carbonyl (C=O) groups is 1. The van der Waals surface area contributed by atoms with Gasteiger partial charge in [0.2, 0.25) is 0 Å². The van der Waals surface area contributed by atoms with Crippen molar-refractivity contribution in [2.75, 3.05) is 17.2 Å². The van der Waals surface area contributed by atoms with Crippen LogP contribution in [0.3, 0.4) is 0 Å². The minimum absolute atomic E-state index is 0.0247. The second-order valence-electron chi connectivity index (χ2n) is 8.75. The van der Waals surface area contributed by atoms with Crippen molar-refractivity contribution in [2.24, 2.45) is 11.8 Å². The number of ether oxygens (including phenoxy) is 1. The van der Waals surface area contributed by atoms with Crippen LogP contribution in [-0.4, -0.2) is 22.0 Å². The zero-order valence-electron chi connectivity index (χ0n) is 19.4. The number of aromatic amines is 1. The summed E-state index contributed by atoms with van der Waals surface area (Å²) in [5.41, 5.74) is 5.31. The molecule has 0 aliphatic rings. The highest BCUT2D eigenvalue weighted by Crippen LogP contribution is 2.25. The van der Waals surface area contributed by atoms with Gasteiger partial charge in [-0.3, -0.25) is 19.1 Å². The molecule has 0 unspecified atom stereocenters. The summed E-state index contributed by atoms with van der Waals surface area (Å²) < 4.78 is 7.16. The maximum atomic E-state index is 13.6. The molecular weight excluding hydrogens is 420 g/mol. The molecule has 0 aliphatic heterocycles. The fourth-order valence-corrected chi connectivity index (χ4v) is 3.50. The number of nitrogen functional groups attached to an aromatic ring is 1. The molecule has 0 atom stereocenters. The minimum Gasteiger partial charge on any atom is -0.457 e. The summed E-state index contributed by atoms with van der Waals surface area (Å²) >= 11 is 0. The van der Waals surface area contributed by atoms with E-state index in [1.54, 1.807) is 24.3 Å². The molecule has 3 N–H and O–H groups in total. The number of amides is 1. The first-order valence-corrected chi connectivity index (χ1v) is 10.9. The van der Waals surface area contributed by atoms with Gasteiger partial charge in [0.05, 0.1) is 0 Å². The van der Waals surface area contributed by atoms with E-state index in [1.807, 2.05) is 58.0 Å². The van der Waals surface area contributed by atoms with E-state index in [1.165, 1.54) is 9.47 Å². The predicted octanol–water partition coefficient (Wildman–Crippen LogP) is 3.87. The van der Waals surface area contributed by atoms with E-state index in [9.17, 15) is 14.4 Å². The Morgan fingerprint density at radius 3 is 2.30 bits per heavy atom. The van der Waals surface area contributed by atoms with Crippen molar-refractivity contribution in [2.45, 2.75) is 34.2 Å². The summed E-state index contributed by atoms with van der Waals surface area (Å²) in [7, 11) is 0. The Morgan fingerprint density at radius 2 is 1.67 bits per heavy atom. The van der Waals surface area contributed by atoms with E-state index in [2.05, 4.69) is 4.98 Å². The number of nitrogens with one attached hydrogen (secondary N) is 1. The van der Waals surface area contributed by atoms with Gasteiger partial charge in [-0.25, -0.2) is 4.79 Å². The summed E-state index contributed by atoms with van der Waals surface area (Å²) in [6.45, 7) is 8.31. The summed E-state index contributed by atoms with van der Waals surface area (Å²) in [5.74, 6) is 0.856. The van der Waals surface area contributed by atoms with Crippen LogP contribution in [0, 0.1) is 11.8 Å². The normalized spacial score (nSPS) is 11.1. The topological polar surface area (TPSA) is 110 Å². The standard InChI is InChI=1S/C25H30N4O4/c1-16(2)14-28(21-22(26)29(15-17(3)4)25(32)27-23(21)30)24(31)18-9-8-12-20(13-18)33-19-10-6-5-7-11-19/h5-13,16-17H,14-15,26H2,1-4H3,(H,27,30,32). The Balaban J connectivity index is 2.04. The lowest BCUT2D eigenvalue weighted by Gasteiger charge is -2.26. The number of nitrogens with zero attached hydrogens (tertiary/aromatic N) is 2. The van der Waals surface area contributed by atoms with Gasteiger partial charge in [-0.2, -0.15) is 0 Å². The predicted molar refractivity (Wildman–Crippen MR) is 130 cm³/mol. The highest BCUT2D eigenvalue weighted by atomic mass is 16.5. The first kappa shape index (κ1) is 23.8. The fourth-order valence-electron chi connectivity index (χ4n) is 3.50. The third-order valence-corrected chi connectivity index (χ3v) is 4.88. The molecule has 0 fully saturated rings. The van der Waals surface area contributed by atoms with Crippen LogP contribution in [0.5, 0.6) is 11.5 Å². The largest absolute Gasteiger partial charge is 0.457 e. The summed E-state index contributed by atoms with van der Waals surface area (Å²) in [4.78, 5) is 42.4. The quantitative estimate of drug-likeness (QED) is 0.541. The molecule has 2 aromatic carbocycles. The number of aromatic nitrogens is 2. The van der Waals surface area contributed by atoms with Crippen molar-refractivity contribution in [3.8, 4) is 11.5 Å². The zero-order valence-corrected chi connectivity index (χ0v) is 19.4. The number of carbonyl (C=O) groups excluding carboxylic acids is 1. The first-order chi connectivity index (χ1) is 15.7. The number of benzene rings is 2. The van der Waals surface area contributed by atoms with Gasteiger partial charge in [0.1, 0.15) is 17.3 Å². The van der Waals surface area contributed by atoms with Crippen molar-refractivity contribution in [1.29, 1.82) is 0 Å². The Morgan fingerprint density at radius 1 is 1.00 bits per heavy atom. The van der Waals surface area contributed by atoms with Crippen LogP contribution in [0.4, 0.5) is 11.5 Å². The average Bonchev–Trinajstić information content (AvgIpc) is 2.76. The summed E-state index contributed by atoms with van der Waals surface area (Å²) in [6.07, 6.45) is 0. The summed E-state index contributed by atoms with van der Waals surface area (Å²) in [6, 6.07) is 16.0. The van der Waals surface area contributed by atoms with Crippen LogP contribution in [0.25, 0.3) is 0 Å². The molecular formula is C25H30N4O4. The van der Waals surface area contributed by atoms with Crippen LogP contribution in [0.1, 0.15) is 38.1 Å². The minimum atomic E-state index is -0.691. The molecule has 1 aromatic heterocycles. The molecule has 3 aromatic rings. The van der Waals surface area contributed by atoms with Gasteiger partial charge in [-0.05, 0) is 42.2 Å². The molecule has 33 heavy (non-hydrogen) atoms. The summed E-state index contributed by atoms with van der Waals surface area (Å²) in [5, 5.41) is 0. The number of hydrogen-bond donors (Lipinski definition) is 2. The number of rotatable bonds is 8. The Bertz CT molecular complexity index is 1230. The lowest BCUT2D eigenvalue weighted by molar-refractivity contribution is 0.0983. The van der Waals surface area contributed by atoms with Crippen LogP contribution < -0.4 is 26.6 Å². The van der Waals surface area contributed by atoms with E-state index in [0.717, 1.165) is 0 Å². The number of para-hydroxylation sites is 1. The second-order valence-corrected chi connectivity index (χ2v) is 8.75. The van der Waals surface area contributed by atoms with Crippen molar-refractivity contribution >= 4 is 17.4 Å². The molecule has 174 valence electrons. The fraction of sp³-hybridized carbons (Fsp3) is 0.320. The van der Waals surface area contributed by atoms with E-state index < -0.39 is 17.2 Å². The van der Waals surface area contributed by atoms with Crippen LogP contribution in [-0.2, 0) is 6.54 Å². The third-order valence-electron chi connectivity index (χ3n) is 4.88. The van der Waals surface area contributed by atoms with Crippen molar-refractivity contribution < 1.29 is 9.53 Å². The third kappa shape index (κ3) is 5.71. The lowest BCUT2D eigenvalue weighted by atomic mass is 10.1. The molecule has 0 spiro atoms. The lowest BCUT2D eigenvalue weighted by Crippen LogP contribution is -2.43. The molecule has 0 saturated heterocycles. The Kier molecular flexibility index (Phi) is 7.37. The SMILES string of the molecule is CC(C)CN(C(=O)c1cccc(Oc2ccccc2)c1)c1c(N)n(CC(C)C)c(=O)[nH]c1=O. The zero-order chi connectivity index (χ0) is 24.1. The van der Waals surface area contributed by atoms with Crippen LogP contribution in [0.15, 0.2) is 64.2 Å². The number of H-pyrrole nitrogens is 1. The van der Waals surface area contributed by atoms with E-state index in [0.29, 0.717) is 23.6 Å². The number of nitrogens with two attached hydrogens (primary N) is 1. The molecule has 0 radical (unpaired) electrons. The van der Waals surface area contributed by atoms with Gasteiger partial charge in [-0.1, -0.05) is 52.0 Å². The number of hydrogen-bond acceptors (Lipinski definition) is 5. The van der Waals surface area contributed by atoms with E-state index >= 15 is 0 Å². The number of anilines is 2. The van der Waals surface area contributed by atoms with Gasteiger partial charge in [-0.15, -0.1) is 0 Å². The molecule has 0 bridgehead atoms. The Hall–Kier alpha value is -3.81. The van der Waals surface area contributed by atoms with E-state index in [4.69, 9.17) is 10.5 Å². The van der Waals surface area contributed by atoms with Gasteiger partial charge >= 0.3 is 5.69 Å². The molecule has 1 amide bonds. The van der Waals surface area contributed by atoms with Gasteiger partial charge in [0, 0.05) is 18.7 Å². The van der Waals surface area contributed by atoms with Gasteiger partial charge in [0.15, 0.2) is 5.69 Å².